The Balaban J connectivity index is 2.04. The van der Waals surface area contributed by atoms with Crippen molar-refractivity contribution in [2.45, 2.75) is 34.3 Å². The van der Waals surface area contributed by atoms with Crippen molar-refractivity contribution in [2.75, 3.05) is 13.7 Å². The number of aryl methyl sites for hydroxylation is 2. The molecular weight excluding hydrogens is 336 g/mol. The Kier molecular flexibility index (Phi) is 7.01. The van der Waals surface area contributed by atoms with E-state index >= 15 is 0 Å². The molecule has 0 aliphatic carbocycles. The fourth-order valence-electron chi connectivity index (χ4n) is 2.32. The molecule has 0 aliphatic heterocycles. The van der Waals surface area contributed by atoms with E-state index in [1.807, 2.05) is 57.4 Å². The Bertz CT molecular complexity index is 743. The van der Waals surface area contributed by atoms with Gasteiger partial charge in [-0.1, -0.05) is 17.3 Å². The number of ether oxygens (including phenoxy) is 2. The van der Waals surface area contributed by atoms with Gasteiger partial charge in [-0.25, -0.2) is 4.98 Å². The Morgan fingerprint density at radius 1 is 1.24 bits per heavy atom. The van der Waals surface area contributed by atoms with Gasteiger partial charge in [0.1, 0.15) is 42.5 Å². The molecule has 0 saturated heterocycles. The van der Waals surface area contributed by atoms with Crippen LogP contribution in [0, 0.1) is 13.8 Å². The van der Waals surface area contributed by atoms with Crippen LogP contribution in [-0.4, -0.2) is 24.4 Å². The van der Waals surface area contributed by atoms with Crippen LogP contribution in [0.2, 0.25) is 0 Å². The van der Waals surface area contributed by atoms with E-state index in [9.17, 15) is 0 Å². The molecule has 0 unspecified atom stereocenters. The number of thiazole rings is 1. The average molecular weight is 360 g/mol. The summed E-state index contributed by atoms with van der Waals surface area (Å²) < 4.78 is 11.7. The molecule has 0 atom stereocenters. The highest BCUT2D eigenvalue weighted by atomic mass is 32.1. The number of benzene rings is 1. The molecule has 134 valence electrons. The molecule has 0 spiro atoms. The van der Waals surface area contributed by atoms with Gasteiger partial charge in [0.2, 0.25) is 0 Å². The van der Waals surface area contributed by atoms with Crippen molar-refractivity contribution < 1.29 is 14.3 Å². The minimum Gasteiger partial charge on any atom is -0.490 e. The van der Waals surface area contributed by atoms with E-state index in [-0.39, 0.29) is 0 Å². The van der Waals surface area contributed by atoms with Crippen LogP contribution in [-0.2, 0) is 11.4 Å². The monoisotopic (exact) mass is 360 g/mol. The zero-order chi connectivity index (χ0) is 18.2. The first-order valence-electron chi connectivity index (χ1n) is 8.05. The zero-order valence-corrected chi connectivity index (χ0v) is 16.1. The van der Waals surface area contributed by atoms with E-state index in [1.165, 1.54) is 18.4 Å². The van der Waals surface area contributed by atoms with Crippen LogP contribution in [0.3, 0.4) is 0 Å². The van der Waals surface area contributed by atoms with Crippen molar-refractivity contribution >= 4 is 17.0 Å². The molecule has 1 aromatic heterocycles. The van der Waals surface area contributed by atoms with Crippen molar-refractivity contribution in [3.05, 3.63) is 51.5 Å². The normalized spacial score (nSPS) is 11.8. The number of aromatic nitrogens is 1. The lowest BCUT2D eigenvalue weighted by atomic mass is 10.1. The molecule has 1 aromatic carbocycles. The predicted octanol–water partition coefficient (Wildman–Crippen LogP) is 4.66. The first-order chi connectivity index (χ1) is 12.0. The molecule has 25 heavy (non-hydrogen) atoms. The highest BCUT2D eigenvalue weighted by Gasteiger charge is 2.10. The van der Waals surface area contributed by atoms with Crippen LogP contribution in [0.15, 0.2) is 34.8 Å². The first kappa shape index (κ1) is 19.0. The molecule has 0 aliphatic rings. The third-order valence-corrected chi connectivity index (χ3v) is 4.47. The summed E-state index contributed by atoms with van der Waals surface area (Å²) in [6.07, 6.45) is 3.95. The highest BCUT2D eigenvalue weighted by molar-refractivity contribution is 7.11. The number of allylic oxidation sites excluding steroid dienone is 1. The largest absolute Gasteiger partial charge is 0.490 e. The van der Waals surface area contributed by atoms with E-state index in [4.69, 9.17) is 14.3 Å². The van der Waals surface area contributed by atoms with Gasteiger partial charge in [0.25, 0.3) is 0 Å². The summed E-state index contributed by atoms with van der Waals surface area (Å²) in [4.78, 5) is 9.30. The molecule has 1 heterocycles. The summed E-state index contributed by atoms with van der Waals surface area (Å²) in [6, 6.07) is 3.99. The van der Waals surface area contributed by atoms with Gasteiger partial charge in [0.05, 0.1) is 5.69 Å². The molecule has 0 saturated carbocycles. The smallest absolute Gasteiger partial charge is 0.141 e. The van der Waals surface area contributed by atoms with Crippen molar-refractivity contribution in [2.24, 2.45) is 5.16 Å². The third-order valence-electron chi connectivity index (χ3n) is 3.47. The van der Waals surface area contributed by atoms with E-state index in [2.05, 4.69) is 10.1 Å². The topological polar surface area (TPSA) is 52.9 Å². The molecule has 6 heteroatoms. The Hall–Kier alpha value is -2.34. The number of hydrogen-bond acceptors (Lipinski definition) is 6. The van der Waals surface area contributed by atoms with E-state index < -0.39 is 0 Å². The second kappa shape index (κ2) is 9.22. The molecule has 5 nitrogen and oxygen atoms in total. The molecule has 0 fully saturated rings. The molecule has 0 radical (unpaired) electrons. The lowest BCUT2D eigenvalue weighted by Crippen LogP contribution is -2.02. The van der Waals surface area contributed by atoms with Crippen molar-refractivity contribution in [3.63, 3.8) is 0 Å². The van der Waals surface area contributed by atoms with Gasteiger partial charge in [-0.3, -0.25) is 0 Å². The fraction of sp³-hybridized carbons (Fsp3) is 0.368. The van der Waals surface area contributed by atoms with Crippen LogP contribution in [0.4, 0.5) is 0 Å². The quantitative estimate of drug-likeness (QED) is 0.390. The predicted molar refractivity (Wildman–Crippen MR) is 102 cm³/mol. The van der Waals surface area contributed by atoms with Crippen molar-refractivity contribution in [3.8, 4) is 11.5 Å². The van der Waals surface area contributed by atoms with Crippen LogP contribution in [0.5, 0.6) is 11.5 Å². The third kappa shape index (κ3) is 5.32. The Morgan fingerprint density at radius 2 is 1.96 bits per heavy atom. The molecule has 0 N–H and O–H groups in total. The first-order valence-corrected chi connectivity index (χ1v) is 8.93. The van der Waals surface area contributed by atoms with Crippen LogP contribution in [0.25, 0.3) is 0 Å². The lowest BCUT2D eigenvalue weighted by Gasteiger charge is -2.13. The maximum absolute atomic E-state index is 5.99. The zero-order valence-electron chi connectivity index (χ0n) is 15.3. The Morgan fingerprint density at radius 3 is 2.60 bits per heavy atom. The van der Waals surface area contributed by atoms with Gasteiger partial charge < -0.3 is 14.3 Å². The second-order valence-electron chi connectivity index (χ2n) is 5.56. The van der Waals surface area contributed by atoms with Crippen LogP contribution < -0.4 is 9.47 Å². The van der Waals surface area contributed by atoms with Gasteiger partial charge in [-0.05, 0) is 51.0 Å². The number of nitrogens with zero attached hydrogens (tertiary/aromatic N) is 2. The van der Waals surface area contributed by atoms with Gasteiger partial charge in [-0.15, -0.1) is 11.3 Å². The highest BCUT2D eigenvalue weighted by Crippen LogP contribution is 2.29. The summed E-state index contributed by atoms with van der Waals surface area (Å²) in [5.41, 5.74) is 3.72. The molecule has 2 aromatic rings. The average Bonchev–Trinajstić information content (AvgIpc) is 3.04. The maximum Gasteiger partial charge on any atom is 0.141 e. The molecule has 2 rings (SSSR count). The Labute approximate surface area is 152 Å². The van der Waals surface area contributed by atoms with Crippen LogP contribution in [0.1, 0.15) is 35.7 Å². The summed E-state index contributed by atoms with van der Waals surface area (Å²) in [6.45, 7) is 8.87. The van der Waals surface area contributed by atoms with Gasteiger partial charge in [0, 0.05) is 5.38 Å². The number of rotatable bonds is 8. The number of hydrogen-bond donors (Lipinski definition) is 0. The van der Waals surface area contributed by atoms with E-state index in [1.54, 1.807) is 0 Å². The van der Waals surface area contributed by atoms with Crippen LogP contribution >= 0.6 is 11.3 Å². The molecular formula is C19H24N2O3S. The van der Waals surface area contributed by atoms with Gasteiger partial charge in [0.15, 0.2) is 0 Å². The SMILES string of the molecule is C/C=C/COc1cc(C)c(OCc2csc(C(C)=NOC)n2)c(C)c1. The number of oxime groups is 1. The van der Waals surface area contributed by atoms with E-state index in [0.29, 0.717) is 13.2 Å². The molecule has 0 bridgehead atoms. The van der Waals surface area contributed by atoms with E-state index in [0.717, 1.165) is 39.0 Å². The minimum absolute atomic E-state index is 0.414. The minimum atomic E-state index is 0.414. The second-order valence-corrected chi connectivity index (χ2v) is 6.42. The lowest BCUT2D eigenvalue weighted by molar-refractivity contribution is 0.213. The van der Waals surface area contributed by atoms with Crippen molar-refractivity contribution in [1.82, 2.24) is 4.98 Å². The summed E-state index contributed by atoms with van der Waals surface area (Å²) in [5, 5.41) is 6.71. The van der Waals surface area contributed by atoms with Gasteiger partial charge in [-0.2, -0.15) is 0 Å². The van der Waals surface area contributed by atoms with Crippen molar-refractivity contribution in [1.29, 1.82) is 0 Å². The fourth-order valence-corrected chi connectivity index (χ4v) is 3.07. The summed E-state index contributed by atoms with van der Waals surface area (Å²) in [7, 11) is 1.53. The molecule has 0 amide bonds. The summed E-state index contributed by atoms with van der Waals surface area (Å²) >= 11 is 1.53. The van der Waals surface area contributed by atoms with Gasteiger partial charge >= 0.3 is 0 Å². The maximum atomic E-state index is 5.99. The summed E-state index contributed by atoms with van der Waals surface area (Å²) in [5.74, 6) is 1.72. The standard InChI is InChI=1S/C19H24N2O3S/c1-6-7-8-23-17-9-13(2)18(14(3)10-17)24-11-16-12-25-19(20-16)15(4)21-22-5/h6-7,9-10,12H,8,11H2,1-5H3/b7-6+,21-15?.